The molecular formula is C13H20. The second-order valence-electron chi connectivity index (χ2n) is 3.47. The monoisotopic (exact) mass is 176 g/mol. The lowest BCUT2D eigenvalue weighted by atomic mass is 10.1. The Morgan fingerprint density at radius 1 is 1.08 bits per heavy atom. The summed E-state index contributed by atoms with van der Waals surface area (Å²) in [6.45, 7) is 4.00. The summed E-state index contributed by atoms with van der Waals surface area (Å²) in [4.78, 5) is 0. The highest BCUT2D eigenvalue weighted by molar-refractivity contribution is 5.14. The van der Waals surface area contributed by atoms with Crippen molar-refractivity contribution in [3.8, 4) is 0 Å². The van der Waals surface area contributed by atoms with Gasteiger partial charge in [-0.1, -0.05) is 57.0 Å². The lowest BCUT2D eigenvalue weighted by Gasteiger charge is -1.97. The molecule has 0 N–H and O–H groups in total. The topological polar surface area (TPSA) is 0 Å². The van der Waals surface area contributed by atoms with E-state index in [4.69, 9.17) is 0 Å². The van der Waals surface area contributed by atoms with E-state index in [-0.39, 0.29) is 0 Å². The first-order valence-electron chi connectivity index (χ1n) is 5.49. The molecule has 0 atom stereocenters. The van der Waals surface area contributed by atoms with Crippen LogP contribution in [-0.2, 0) is 6.42 Å². The van der Waals surface area contributed by atoms with E-state index < -0.39 is 0 Å². The third-order valence-electron chi connectivity index (χ3n) is 2.38. The molecule has 0 unspecified atom stereocenters. The Morgan fingerprint density at radius 3 is 2.23 bits per heavy atom. The molecule has 0 radical (unpaired) electrons. The summed E-state index contributed by atoms with van der Waals surface area (Å²) < 4.78 is 0. The zero-order valence-electron chi connectivity index (χ0n) is 8.79. The molecule has 1 aliphatic carbocycles. The van der Waals surface area contributed by atoms with Crippen LogP contribution < -0.4 is 0 Å². The molecule has 1 fully saturated rings. The minimum atomic E-state index is 1.07. The van der Waals surface area contributed by atoms with Gasteiger partial charge in [0.05, 0.1) is 0 Å². The number of benzene rings is 1. The largest absolute Gasteiger partial charge is 0.0683 e. The molecular weight excluding hydrogens is 156 g/mol. The minimum Gasteiger partial charge on any atom is -0.0683 e. The standard InChI is InChI=1S/C11H14.C2H6/c1-2-4-10(5-3-1)6-7-11-8-9-11;1-2/h1-5,11H,6-9H2;1-2H3. The normalized spacial score (nSPS) is 14.6. The molecule has 2 rings (SSSR count). The lowest BCUT2D eigenvalue weighted by molar-refractivity contribution is 0.727. The molecule has 0 heterocycles. The number of hydrogen-bond acceptors (Lipinski definition) is 0. The molecule has 1 aromatic carbocycles. The minimum absolute atomic E-state index is 1.07. The molecule has 0 aromatic heterocycles. The van der Waals surface area contributed by atoms with Crippen LogP contribution in [0.1, 0.15) is 38.7 Å². The molecule has 0 saturated heterocycles. The first kappa shape index (κ1) is 10.3. The van der Waals surface area contributed by atoms with Gasteiger partial charge in [0, 0.05) is 0 Å². The fourth-order valence-electron chi connectivity index (χ4n) is 1.42. The van der Waals surface area contributed by atoms with Crippen molar-refractivity contribution in [3.05, 3.63) is 35.9 Å². The summed E-state index contributed by atoms with van der Waals surface area (Å²) in [5, 5.41) is 0. The SMILES string of the molecule is CC.c1ccc(CCC2CC2)cc1. The first-order chi connectivity index (χ1) is 6.45. The van der Waals surface area contributed by atoms with Crippen LogP contribution in [0.15, 0.2) is 30.3 Å². The quantitative estimate of drug-likeness (QED) is 0.651. The predicted octanol–water partition coefficient (Wildman–Crippen LogP) is 4.06. The molecule has 1 saturated carbocycles. The third-order valence-corrected chi connectivity index (χ3v) is 2.38. The highest BCUT2D eigenvalue weighted by Crippen LogP contribution is 2.33. The zero-order valence-corrected chi connectivity index (χ0v) is 8.79. The maximum absolute atomic E-state index is 2.22. The number of aryl methyl sites for hydroxylation is 1. The molecule has 0 aliphatic heterocycles. The highest BCUT2D eigenvalue weighted by Gasteiger charge is 2.20. The van der Waals surface area contributed by atoms with Gasteiger partial charge in [0.2, 0.25) is 0 Å². The van der Waals surface area contributed by atoms with Gasteiger partial charge in [0.15, 0.2) is 0 Å². The molecule has 72 valence electrons. The number of rotatable bonds is 3. The molecule has 0 amide bonds. The van der Waals surface area contributed by atoms with E-state index in [9.17, 15) is 0 Å². The molecule has 0 spiro atoms. The fourth-order valence-corrected chi connectivity index (χ4v) is 1.42. The van der Waals surface area contributed by atoms with Gasteiger partial charge in [-0.15, -0.1) is 0 Å². The average molecular weight is 176 g/mol. The zero-order chi connectivity index (χ0) is 9.52. The summed E-state index contributed by atoms with van der Waals surface area (Å²) in [6, 6.07) is 10.8. The summed E-state index contributed by atoms with van der Waals surface area (Å²) in [6.07, 6.45) is 5.65. The Hall–Kier alpha value is -0.780. The molecule has 1 aliphatic rings. The van der Waals surface area contributed by atoms with E-state index in [1.807, 2.05) is 13.8 Å². The van der Waals surface area contributed by atoms with Crippen molar-refractivity contribution >= 4 is 0 Å². The molecule has 0 nitrogen and oxygen atoms in total. The van der Waals surface area contributed by atoms with Crippen molar-refractivity contribution in [2.75, 3.05) is 0 Å². The smallest absolute Gasteiger partial charge is 0.0276 e. The van der Waals surface area contributed by atoms with Gasteiger partial charge in [0.25, 0.3) is 0 Å². The van der Waals surface area contributed by atoms with Crippen molar-refractivity contribution in [2.24, 2.45) is 5.92 Å². The van der Waals surface area contributed by atoms with Crippen molar-refractivity contribution in [2.45, 2.75) is 39.5 Å². The van der Waals surface area contributed by atoms with Crippen molar-refractivity contribution in [3.63, 3.8) is 0 Å². The van der Waals surface area contributed by atoms with Gasteiger partial charge in [-0.2, -0.15) is 0 Å². The van der Waals surface area contributed by atoms with Crippen LogP contribution in [0.25, 0.3) is 0 Å². The van der Waals surface area contributed by atoms with E-state index in [1.54, 1.807) is 0 Å². The van der Waals surface area contributed by atoms with Crippen LogP contribution in [0, 0.1) is 5.92 Å². The maximum atomic E-state index is 2.22. The van der Waals surface area contributed by atoms with Crippen LogP contribution in [0.4, 0.5) is 0 Å². The third kappa shape index (κ3) is 4.12. The van der Waals surface area contributed by atoms with Gasteiger partial charge in [0.1, 0.15) is 0 Å². The van der Waals surface area contributed by atoms with E-state index >= 15 is 0 Å². The fraction of sp³-hybridized carbons (Fsp3) is 0.538. The Morgan fingerprint density at radius 2 is 1.69 bits per heavy atom. The van der Waals surface area contributed by atoms with Crippen LogP contribution in [0.5, 0.6) is 0 Å². The van der Waals surface area contributed by atoms with Crippen LogP contribution in [0.2, 0.25) is 0 Å². The summed E-state index contributed by atoms with van der Waals surface area (Å²) in [7, 11) is 0. The Labute approximate surface area is 82.0 Å². The first-order valence-corrected chi connectivity index (χ1v) is 5.49. The van der Waals surface area contributed by atoms with E-state index in [1.165, 1.54) is 31.2 Å². The van der Waals surface area contributed by atoms with E-state index in [0.717, 1.165) is 5.92 Å². The second-order valence-corrected chi connectivity index (χ2v) is 3.47. The average Bonchev–Trinajstić information content (AvgIpc) is 3.03. The van der Waals surface area contributed by atoms with Gasteiger partial charge in [-0.05, 0) is 24.3 Å². The summed E-state index contributed by atoms with van der Waals surface area (Å²) >= 11 is 0. The maximum Gasteiger partial charge on any atom is -0.0276 e. The molecule has 13 heavy (non-hydrogen) atoms. The lowest BCUT2D eigenvalue weighted by Crippen LogP contribution is -1.84. The summed E-state index contributed by atoms with van der Waals surface area (Å²) in [5.74, 6) is 1.07. The highest BCUT2D eigenvalue weighted by atomic mass is 14.3. The van der Waals surface area contributed by atoms with Gasteiger partial charge in [-0.3, -0.25) is 0 Å². The Kier molecular flexibility index (Phi) is 4.59. The van der Waals surface area contributed by atoms with Gasteiger partial charge < -0.3 is 0 Å². The summed E-state index contributed by atoms with van der Waals surface area (Å²) in [5.41, 5.74) is 1.50. The van der Waals surface area contributed by atoms with Crippen molar-refractivity contribution in [1.82, 2.24) is 0 Å². The van der Waals surface area contributed by atoms with E-state index in [2.05, 4.69) is 30.3 Å². The Bertz CT molecular complexity index is 209. The molecule has 0 heteroatoms. The molecule has 0 bridgehead atoms. The van der Waals surface area contributed by atoms with Crippen LogP contribution in [-0.4, -0.2) is 0 Å². The Balaban J connectivity index is 0.000000396. The van der Waals surface area contributed by atoms with Crippen molar-refractivity contribution in [1.29, 1.82) is 0 Å². The van der Waals surface area contributed by atoms with Crippen LogP contribution >= 0.6 is 0 Å². The van der Waals surface area contributed by atoms with E-state index in [0.29, 0.717) is 0 Å². The van der Waals surface area contributed by atoms with Gasteiger partial charge >= 0.3 is 0 Å². The van der Waals surface area contributed by atoms with Gasteiger partial charge in [-0.25, -0.2) is 0 Å². The number of hydrogen-bond donors (Lipinski definition) is 0. The van der Waals surface area contributed by atoms with Crippen LogP contribution in [0.3, 0.4) is 0 Å². The molecule has 1 aromatic rings. The second kappa shape index (κ2) is 5.80. The van der Waals surface area contributed by atoms with Crippen molar-refractivity contribution < 1.29 is 0 Å². The predicted molar refractivity (Wildman–Crippen MR) is 58.8 cm³/mol.